The molecule has 1 fully saturated rings. The van der Waals surface area contributed by atoms with Crippen molar-refractivity contribution < 1.29 is 9.84 Å². The molecule has 0 aromatic heterocycles. The molecule has 0 spiro atoms. The van der Waals surface area contributed by atoms with Gasteiger partial charge in [0, 0.05) is 12.0 Å². The Morgan fingerprint density at radius 2 is 2.30 bits per heavy atom. The maximum Gasteiger partial charge on any atom is 0.0661 e. The average Bonchev–Trinajstić information content (AvgIpc) is 2.65. The summed E-state index contributed by atoms with van der Waals surface area (Å²) in [7, 11) is 0. The third kappa shape index (κ3) is 1.18. The first-order valence-corrected chi connectivity index (χ1v) is 4.01. The van der Waals surface area contributed by atoms with Crippen molar-refractivity contribution in [3.8, 4) is 0 Å². The lowest BCUT2D eigenvalue weighted by Crippen LogP contribution is -2.12. The molecule has 0 heterocycles. The monoisotopic (exact) mass is 144 g/mol. The smallest absolute Gasteiger partial charge is 0.0661 e. The van der Waals surface area contributed by atoms with Gasteiger partial charge in [-0.3, -0.25) is 0 Å². The first-order valence-electron chi connectivity index (χ1n) is 4.01. The van der Waals surface area contributed by atoms with Crippen molar-refractivity contribution in [2.24, 2.45) is 5.41 Å². The van der Waals surface area contributed by atoms with E-state index in [9.17, 15) is 0 Å². The Morgan fingerprint density at radius 1 is 1.60 bits per heavy atom. The number of aliphatic hydroxyl groups is 1. The fraction of sp³-hybridized carbons (Fsp3) is 1.00. The van der Waals surface area contributed by atoms with Crippen LogP contribution < -0.4 is 0 Å². The summed E-state index contributed by atoms with van der Waals surface area (Å²) in [5.74, 6) is 0. The zero-order chi connectivity index (χ0) is 7.61. The van der Waals surface area contributed by atoms with E-state index in [0.717, 1.165) is 19.4 Å². The maximum atomic E-state index is 8.97. The average molecular weight is 144 g/mol. The quantitative estimate of drug-likeness (QED) is 0.642. The molecule has 2 heteroatoms. The summed E-state index contributed by atoms with van der Waals surface area (Å²) in [5.41, 5.74) is 0.135. The van der Waals surface area contributed by atoms with Crippen LogP contribution in [0.25, 0.3) is 0 Å². The van der Waals surface area contributed by atoms with Crippen molar-refractivity contribution in [3.05, 3.63) is 0 Å². The largest absolute Gasteiger partial charge is 0.396 e. The minimum absolute atomic E-state index is 0.135. The van der Waals surface area contributed by atoms with E-state index in [1.807, 2.05) is 6.92 Å². The molecule has 0 aromatic carbocycles. The molecular weight excluding hydrogens is 128 g/mol. The van der Waals surface area contributed by atoms with E-state index in [4.69, 9.17) is 9.84 Å². The van der Waals surface area contributed by atoms with Gasteiger partial charge in [-0.15, -0.1) is 0 Å². The Labute approximate surface area is 62.2 Å². The highest BCUT2D eigenvalue weighted by Crippen LogP contribution is 2.50. The highest BCUT2D eigenvalue weighted by atomic mass is 16.5. The van der Waals surface area contributed by atoms with E-state index in [1.54, 1.807) is 0 Å². The fourth-order valence-corrected chi connectivity index (χ4v) is 1.40. The van der Waals surface area contributed by atoms with E-state index in [2.05, 4.69) is 6.92 Å². The second kappa shape index (κ2) is 2.89. The second-order valence-corrected chi connectivity index (χ2v) is 3.02. The number of ether oxygens (including phenoxy) is 1. The van der Waals surface area contributed by atoms with Gasteiger partial charge < -0.3 is 9.84 Å². The molecule has 1 aliphatic rings. The first-order chi connectivity index (χ1) is 4.79. The van der Waals surface area contributed by atoms with Gasteiger partial charge in [0.15, 0.2) is 0 Å². The molecule has 0 aliphatic heterocycles. The molecule has 1 aliphatic carbocycles. The van der Waals surface area contributed by atoms with Gasteiger partial charge in [-0.25, -0.2) is 0 Å². The molecule has 0 saturated heterocycles. The van der Waals surface area contributed by atoms with Crippen LogP contribution in [0.4, 0.5) is 0 Å². The van der Waals surface area contributed by atoms with Crippen LogP contribution in [0.2, 0.25) is 0 Å². The molecule has 2 nitrogen and oxygen atoms in total. The van der Waals surface area contributed by atoms with Crippen LogP contribution in [0.5, 0.6) is 0 Å². The third-order valence-electron chi connectivity index (χ3n) is 2.50. The predicted molar refractivity (Wildman–Crippen MR) is 39.8 cm³/mol. The number of rotatable bonds is 4. The Kier molecular flexibility index (Phi) is 2.32. The number of hydrogen-bond donors (Lipinski definition) is 1. The number of hydrogen-bond acceptors (Lipinski definition) is 2. The van der Waals surface area contributed by atoms with Crippen LogP contribution in [0.15, 0.2) is 0 Å². The Bertz CT molecular complexity index is 108. The Balaban J connectivity index is 2.30. The molecule has 1 rings (SSSR count). The van der Waals surface area contributed by atoms with E-state index >= 15 is 0 Å². The normalized spacial score (nSPS) is 38.1. The van der Waals surface area contributed by atoms with Crippen molar-refractivity contribution in [2.45, 2.75) is 32.8 Å². The molecule has 2 unspecified atom stereocenters. The molecule has 1 saturated carbocycles. The Hall–Kier alpha value is -0.0800. The van der Waals surface area contributed by atoms with Gasteiger partial charge in [0.2, 0.25) is 0 Å². The molecule has 0 amide bonds. The van der Waals surface area contributed by atoms with Crippen LogP contribution in [-0.4, -0.2) is 24.4 Å². The predicted octanol–water partition coefficient (Wildman–Crippen LogP) is 1.18. The lowest BCUT2D eigenvalue weighted by Gasteiger charge is -2.09. The molecular formula is C8H16O2. The van der Waals surface area contributed by atoms with E-state index < -0.39 is 0 Å². The summed E-state index contributed by atoms with van der Waals surface area (Å²) in [4.78, 5) is 0. The lowest BCUT2D eigenvalue weighted by molar-refractivity contribution is 0.0752. The topological polar surface area (TPSA) is 29.5 Å². The summed E-state index contributed by atoms with van der Waals surface area (Å²) in [6, 6.07) is 0. The molecule has 60 valence electrons. The maximum absolute atomic E-state index is 8.97. The van der Waals surface area contributed by atoms with E-state index in [1.165, 1.54) is 0 Å². The van der Waals surface area contributed by atoms with Gasteiger partial charge in [0.1, 0.15) is 0 Å². The van der Waals surface area contributed by atoms with Crippen molar-refractivity contribution in [2.75, 3.05) is 13.2 Å². The molecule has 10 heavy (non-hydrogen) atoms. The SMILES string of the molecule is CCOC1CC1(CC)CO. The van der Waals surface area contributed by atoms with Crippen LogP contribution in [0.1, 0.15) is 26.7 Å². The third-order valence-corrected chi connectivity index (χ3v) is 2.50. The lowest BCUT2D eigenvalue weighted by atomic mass is 10.1. The number of aliphatic hydroxyl groups excluding tert-OH is 1. The molecule has 0 radical (unpaired) electrons. The highest BCUT2D eigenvalue weighted by Gasteiger charge is 2.53. The molecule has 2 atom stereocenters. The fourth-order valence-electron chi connectivity index (χ4n) is 1.40. The van der Waals surface area contributed by atoms with Gasteiger partial charge in [0.05, 0.1) is 12.7 Å². The van der Waals surface area contributed by atoms with Crippen molar-refractivity contribution in [3.63, 3.8) is 0 Å². The van der Waals surface area contributed by atoms with E-state index in [-0.39, 0.29) is 12.0 Å². The van der Waals surface area contributed by atoms with Crippen LogP contribution in [-0.2, 0) is 4.74 Å². The van der Waals surface area contributed by atoms with Crippen molar-refractivity contribution in [1.82, 2.24) is 0 Å². The summed E-state index contributed by atoms with van der Waals surface area (Å²) >= 11 is 0. The molecule has 0 bridgehead atoms. The standard InChI is InChI=1S/C8H16O2/c1-3-8(6-9)5-7(8)10-4-2/h7,9H,3-6H2,1-2H3. The van der Waals surface area contributed by atoms with Crippen LogP contribution in [0.3, 0.4) is 0 Å². The highest BCUT2D eigenvalue weighted by molar-refractivity contribution is 5.02. The van der Waals surface area contributed by atoms with Crippen LogP contribution >= 0.6 is 0 Å². The zero-order valence-electron chi connectivity index (χ0n) is 6.76. The zero-order valence-corrected chi connectivity index (χ0v) is 6.76. The Morgan fingerprint density at radius 3 is 2.60 bits per heavy atom. The van der Waals surface area contributed by atoms with Crippen molar-refractivity contribution >= 4 is 0 Å². The van der Waals surface area contributed by atoms with Gasteiger partial charge in [-0.05, 0) is 19.8 Å². The van der Waals surface area contributed by atoms with Gasteiger partial charge >= 0.3 is 0 Å². The first kappa shape index (κ1) is 8.02. The molecule has 0 aromatic rings. The summed E-state index contributed by atoms with van der Waals surface area (Å²) in [5, 5.41) is 8.97. The van der Waals surface area contributed by atoms with Crippen LogP contribution in [0, 0.1) is 5.41 Å². The second-order valence-electron chi connectivity index (χ2n) is 3.02. The van der Waals surface area contributed by atoms with Gasteiger partial charge in [-0.2, -0.15) is 0 Å². The molecule has 1 N–H and O–H groups in total. The van der Waals surface area contributed by atoms with Gasteiger partial charge in [-0.1, -0.05) is 6.92 Å². The summed E-state index contributed by atoms with van der Waals surface area (Å²) in [6.07, 6.45) is 2.43. The summed E-state index contributed by atoms with van der Waals surface area (Å²) < 4.78 is 5.39. The summed E-state index contributed by atoms with van der Waals surface area (Å²) in [6.45, 7) is 5.16. The minimum Gasteiger partial charge on any atom is -0.396 e. The van der Waals surface area contributed by atoms with Crippen molar-refractivity contribution in [1.29, 1.82) is 0 Å². The van der Waals surface area contributed by atoms with Gasteiger partial charge in [0.25, 0.3) is 0 Å². The minimum atomic E-state index is 0.135. The van der Waals surface area contributed by atoms with E-state index in [0.29, 0.717) is 6.10 Å².